The van der Waals surface area contributed by atoms with Crippen molar-refractivity contribution in [2.75, 3.05) is 13.7 Å². The van der Waals surface area contributed by atoms with E-state index in [1.807, 2.05) is 39.1 Å². The Bertz CT molecular complexity index is 545. The molecule has 0 aliphatic carbocycles. The van der Waals surface area contributed by atoms with Gasteiger partial charge in [0.15, 0.2) is 18.1 Å². The summed E-state index contributed by atoms with van der Waals surface area (Å²) in [6.45, 7) is 5.42. The van der Waals surface area contributed by atoms with Crippen LogP contribution in [0.15, 0.2) is 22.6 Å². The van der Waals surface area contributed by atoms with Crippen LogP contribution in [-0.2, 0) is 19.6 Å². The van der Waals surface area contributed by atoms with Gasteiger partial charge >= 0.3 is 0 Å². The van der Waals surface area contributed by atoms with Crippen molar-refractivity contribution in [2.24, 2.45) is 0 Å². The Balaban J connectivity index is 2.15. The lowest BCUT2D eigenvalue weighted by molar-refractivity contribution is 0.237. The SMILES string of the molecule is CCOc1cccc(CNC)c1OCc1nnc(CC)o1. The number of hydrogen-bond acceptors (Lipinski definition) is 6. The highest BCUT2D eigenvalue weighted by Crippen LogP contribution is 2.32. The maximum Gasteiger partial charge on any atom is 0.253 e. The highest BCUT2D eigenvalue weighted by Gasteiger charge is 2.13. The molecule has 0 amide bonds. The monoisotopic (exact) mass is 291 g/mol. The normalized spacial score (nSPS) is 10.6. The van der Waals surface area contributed by atoms with Crippen molar-refractivity contribution < 1.29 is 13.9 Å². The first-order chi connectivity index (χ1) is 10.3. The first-order valence-electron chi connectivity index (χ1n) is 7.11. The lowest BCUT2D eigenvalue weighted by Crippen LogP contribution is -2.09. The standard InChI is InChI=1S/C15H21N3O3/c1-4-13-17-18-14(21-13)10-20-15-11(9-16-3)7-6-8-12(15)19-5-2/h6-8,16H,4-5,9-10H2,1-3H3. The molecule has 2 rings (SSSR count). The molecule has 114 valence electrons. The molecular formula is C15H21N3O3. The molecule has 1 aromatic carbocycles. The molecule has 1 aromatic heterocycles. The van der Waals surface area contributed by atoms with Crippen LogP contribution in [0.3, 0.4) is 0 Å². The number of ether oxygens (including phenoxy) is 2. The molecule has 2 aromatic rings. The topological polar surface area (TPSA) is 69.4 Å². The largest absolute Gasteiger partial charge is 0.490 e. The third kappa shape index (κ3) is 3.95. The van der Waals surface area contributed by atoms with Crippen LogP contribution in [0.1, 0.15) is 31.2 Å². The van der Waals surface area contributed by atoms with Crippen LogP contribution in [0.5, 0.6) is 11.5 Å². The van der Waals surface area contributed by atoms with Gasteiger partial charge in [-0.2, -0.15) is 0 Å². The van der Waals surface area contributed by atoms with Gasteiger partial charge in [-0.05, 0) is 20.0 Å². The molecule has 0 radical (unpaired) electrons. The van der Waals surface area contributed by atoms with E-state index >= 15 is 0 Å². The predicted molar refractivity (Wildman–Crippen MR) is 78.4 cm³/mol. The minimum Gasteiger partial charge on any atom is -0.490 e. The Morgan fingerprint density at radius 3 is 2.62 bits per heavy atom. The van der Waals surface area contributed by atoms with E-state index in [0.717, 1.165) is 11.3 Å². The second-order valence-corrected chi connectivity index (χ2v) is 4.44. The molecule has 1 heterocycles. The van der Waals surface area contributed by atoms with Crippen molar-refractivity contribution in [3.8, 4) is 11.5 Å². The molecule has 6 heteroatoms. The van der Waals surface area contributed by atoms with Gasteiger partial charge in [-0.15, -0.1) is 10.2 Å². The number of benzene rings is 1. The van der Waals surface area contributed by atoms with Crippen molar-refractivity contribution >= 4 is 0 Å². The molecule has 0 atom stereocenters. The first-order valence-corrected chi connectivity index (χ1v) is 7.11. The molecule has 0 saturated heterocycles. The summed E-state index contributed by atoms with van der Waals surface area (Å²) < 4.78 is 16.9. The molecule has 1 N–H and O–H groups in total. The van der Waals surface area contributed by atoms with Crippen LogP contribution in [0.25, 0.3) is 0 Å². The van der Waals surface area contributed by atoms with Gasteiger partial charge in [0.2, 0.25) is 5.89 Å². The van der Waals surface area contributed by atoms with E-state index in [4.69, 9.17) is 13.9 Å². The van der Waals surface area contributed by atoms with E-state index in [1.165, 1.54) is 0 Å². The predicted octanol–water partition coefficient (Wildman–Crippen LogP) is 2.33. The third-order valence-corrected chi connectivity index (χ3v) is 2.88. The maximum absolute atomic E-state index is 5.86. The number of rotatable bonds is 8. The van der Waals surface area contributed by atoms with E-state index in [0.29, 0.717) is 37.1 Å². The van der Waals surface area contributed by atoms with Crippen LogP contribution in [0.4, 0.5) is 0 Å². The summed E-state index contributed by atoms with van der Waals surface area (Å²) in [5, 5.41) is 11.0. The van der Waals surface area contributed by atoms with Crippen LogP contribution in [0.2, 0.25) is 0 Å². The average Bonchev–Trinajstić information content (AvgIpc) is 2.95. The number of nitrogens with one attached hydrogen (secondary N) is 1. The molecule has 0 unspecified atom stereocenters. The summed E-state index contributed by atoms with van der Waals surface area (Å²) in [5.74, 6) is 2.51. The quantitative estimate of drug-likeness (QED) is 0.805. The smallest absolute Gasteiger partial charge is 0.253 e. The zero-order valence-electron chi connectivity index (χ0n) is 12.7. The number of aromatic nitrogens is 2. The van der Waals surface area contributed by atoms with Crippen molar-refractivity contribution in [2.45, 2.75) is 33.4 Å². The van der Waals surface area contributed by atoms with Crippen molar-refractivity contribution in [1.82, 2.24) is 15.5 Å². The zero-order chi connectivity index (χ0) is 15.1. The molecule has 0 aliphatic heterocycles. The lowest BCUT2D eigenvalue weighted by atomic mass is 10.2. The third-order valence-electron chi connectivity index (χ3n) is 2.88. The van der Waals surface area contributed by atoms with E-state index < -0.39 is 0 Å². The van der Waals surface area contributed by atoms with Crippen LogP contribution < -0.4 is 14.8 Å². The van der Waals surface area contributed by atoms with E-state index in [1.54, 1.807) is 0 Å². The Morgan fingerprint density at radius 1 is 1.14 bits per heavy atom. The fourth-order valence-corrected chi connectivity index (χ4v) is 1.95. The first kappa shape index (κ1) is 15.3. The van der Waals surface area contributed by atoms with Gasteiger partial charge in [0.1, 0.15) is 0 Å². The molecule has 6 nitrogen and oxygen atoms in total. The summed E-state index contributed by atoms with van der Waals surface area (Å²) in [5.41, 5.74) is 1.03. The number of nitrogens with zero attached hydrogens (tertiary/aromatic N) is 2. The fraction of sp³-hybridized carbons (Fsp3) is 0.467. The van der Waals surface area contributed by atoms with Crippen molar-refractivity contribution in [3.05, 3.63) is 35.5 Å². The molecule has 0 saturated carbocycles. The Morgan fingerprint density at radius 2 is 1.95 bits per heavy atom. The summed E-state index contributed by atoms with van der Waals surface area (Å²) >= 11 is 0. The minimum atomic E-state index is 0.230. The summed E-state index contributed by atoms with van der Waals surface area (Å²) in [6, 6.07) is 5.84. The van der Waals surface area contributed by atoms with Crippen molar-refractivity contribution in [3.63, 3.8) is 0 Å². The second-order valence-electron chi connectivity index (χ2n) is 4.44. The molecule has 0 bridgehead atoms. The Labute approximate surface area is 124 Å². The molecule has 0 aliphatic rings. The van der Waals surface area contributed by atoms with Crippen LogP contribution >= 0.6 is 0 Å². The van der Waals surface area contributed by atoms with Gasteiger partial charge in [-0.1, -0.05) is 19.1 Å². The highest BCUT2D eigenvalue weighted by atomic mass is 16.5. The van der Waals surface area contributed by atoms with Crippen LogP contribution in [-0.4, -0.2) is 23.9 Å². The molecular weight excluding hydrogens is 270 g/mol. The molecule has 0 fully saturated rings. The maximum atomic E-state index is 5.86. The number of aryl methyl sites for hydroxylation is 1. The van der Waals surface area contributed by atoms with E-state index in [2.05, 4.69) is 15.5 Å². The van der Waals surface area contributed by atoms with E-state index in [-0.39, 0.29) is 6.61 Å². The number of hydrogen-bond donors (Lipinski definition) is 1. The highest BCUT2D eigenvalue weighted by molar-refractivity contribution is 5.46. The lowest BCUT2D eigenvalue weighted by Gasteiger charge is -2.14. The molecule has 0 spiro atoms. The second kappa shape index (κ2) is 7.64. The fourth-order valence-electron chi connectivity index (χ4n) is 1.95. The Hall–Kier alpha value is -2.08. The Kier molecular flexibility index (Phi) is 5.57. The summed E-state index contributed by atoms with van der Waals surface area (Å²) in [6.07, 6.45) is 0.716. The summed E-state index contributed by atoms with van der Waals surface area (Å²) in [7, 11) is 1.89. The number of para-hydroxylation sites is 1. The van der Waals surface area contributed by atoms with Gasteiger partial charge in [-0.25, -0.2) is 0 Å². The van der Waals surface area contributed by atoms with Crippen molar-refractivity contribution in [1.29, 1.82) is 0 Å². The van der Waals surface area contributed by atoms with Gasteiger partial charge in [-0.3, -0.25) is 0 Å². The molecule has 21 heavy (non-hydrogen) atoms. The van der Waals surface area contributed by atoms with E-state index in [9.17, 15) is 0 Å². The zero-order valence-corrected chi connectivity index (χ0v) is 12.7. The minimum absolute atomic E-state index is 0.230. The summed E-state index contributed by atoms with van der Waals surface area (Å²) in [4.78, 5) is 0. The van der Waals surface area contributed by atoms with Gasteiger partial charge in [0.05, 0.1) is 6.61 Å². The van der Waals surface area contributed by atoms with Gasteiger partial charge in [0, 0.05) is 18.5 Å². The van der Waals surface area contributed by atoms with Gasteiger partial charge < -0.3 is 19.2 Å². The average molecular weight is 291 g/mol. The van der Waals surface area contributed by atoms with Gasteiger partial charge in [0.25, 0.3) is 5.89 Å². The van der Waals surface area contributed by atoms with Crippen LogP contribution in [0, 0.1) is 0 Å².